The van der Waals surface area contributed by atoms with Crippen molar-refractivity contribution in [3.05, 3.63) is 18.7 Å². The van der Waals surface area contributed by atoms with Gasteiger partial charge in [0, 0.05) is 50.7 Å². The van der Waals surface area contributed by atoms with Crippen LogP contribution in [0.1, 0.15) is 41.0 Å². The van der Waals surface area contributed by atoms with Gasteiger partial charge in [0.2, 0.25) is 0 Å². The van der Waals surface area contributed by atoms with Crippen LogP contribution < -0.4 is 5.32 Å². The summed E-state index contributed by atoms with van der Waals surface area (Å²) >= 11 is 0. The molecule has 0 bridgehead atoms. The summed E-state index contributed by atoms with van der Waals surface area (Å²) in [4.78, 5) is 6.82. The highest BCUT2D eigenvalue weighted by molar-refractivity contribution is 4.92. The predicted octanol–water partition coefficient (Wildman–Crippen LogP) is 2.62. The average molecular weight is 292 g/mol. The highest BCUT2D eigenvalue weighted by Crippen LogP contribution is 2.25. The molecular weight excluding hydrogens is 260 g/mol. The van der Waals surface area contributed by atoms with Crippen LogP contribution in [-0.2, 0) is 6.54 Å². The first-order chi connectivity index (χ1) is 9.88. The lowest BCUT2D eigenvalue weighted by Crippen LogP contribution is -2.61. The molecule has 4 heteroatoms. The molecule has 120 valence electrons. The van der Waals surface area contributed by atoms with Gasteiger partial charge in [0.25, 0.3) is 0 Å². The molecule has 0 saturated carbocycles. The Kier molecular flexibility index (Phi) is 5.44. The van der Waals surface area contributed by atoms with E-state index in [4.69, 9.17) is 0 Å². The van der Waals surface area contributed by atoms with Gasteiger partial charge in [-0.1, -0.05) is 34.6 Å². The molecule has 0 spiro atoms. The highest BCUT2D eigenvalue weighted by Gasteiger charge is 2.34. The van der Waals surface area contributed by atoms with Crippen molar-refractivity contribution in [2.24, 2.45) is 11.3 Å². The third-order valence-corrected chi connectivity index (χ3v) is 4.70. The Hall–Kier alpha value is -0.870. The van der Waals surface area contributed by atoms with Crippen LogP contribution in [0.2, 0.25) is 0 Å². The summed E-state index contributed by atoms with van der Waals surface area (Å²) in [5.41, 5.74) is 0.324. The number of nitrogens with one attached hydrogen (secondary N) is 1. The summed E-state index contributed by atoms with van der Waals surface area (Å²) in [5.74, 6) is 0.701. The van der Waals surface area contributed by atoms with Gasteiger partial charge < -0.3 is 9.88 Å². The minimum Gasteiger partial charge on any atom is -0.337 e. The lowest BCUT2D eigenvalue weighted by atomic mass is 9.83. The summed E-state index contributed by atoms with van der Waals surface area (Å²) < 4.78 is 2.17. The molecule has 1 N–H and O–H groups in total. The quantitative estimate of drug-likeness (QED) is 0.905. The second-order valence-electron chi connectivity index (χ2n) is 7.79. The van der Waals surface area contributed by atoms with E-state index in [2.05, 4.69) is 60.6 Å². The third kappa shape index (κ3) is 4.55. The predicted molar refractivity (Wildman–Crippen MR) is 88.3 cm³/mol. The maximum Gasteiger partial charge on any atom is 0.0945 e. The molecule has 1 aromatic heterocycles. The van der Waals surface area contributed by atoms with Gasteiger partial charge in [0.1, 0.15) is 0 Å². The topological polar surface area (TPSA) is 33.1 Å². The molecule has 2 unspecified atom stereocenters. The summed E-state index contributed by atoms with van der Waals surface area (Å²) in [5, 5.41) is 3.77. The number of rotatable bonds is 5. The molecule has 1 aliphatic heterocycles. The summed E-state index contributed by atoms with van der Waals surface area (Å²) in [6.45, 7) is 16.2. The molecule has 2 heterocycles. The Bertz CT molecular complexity index is 405. The fourth-order valence-corrected chi connectivity index (χ4v) is 3.20. The van der Waals surface area contributed by atoms with E-state index in [9.17, 15) is 0 Å². The van der Waals surface area contributed by atoms with Gasteiger partial charge >= 0.3 is 0 Å². The summed E-state index contributed by atoms with van der Waals surface area (Å²) in [6, 6.07) is 1.24. The van der Waals surface area contributed by atoms with E-state index in [1.165, 1.54) is 13.0 Å². The van der Waals surface area contributed by atoms with Crippen molar-refractivity contribution in [2.75, 3.05) is 19.6 Å². The summed E-state index contributed by atoms with van der Waals surface area (Å²) in [6.07, 6.45) is 7.01. The second kappa shape index (κ2) is 6.93. The van der Waals surface area contributed by atoms with Crippen LogP contribution in [0.4, 0.5) is 0 Å². The van der Waals surface area contributed by atoms with E-state index in [-0.39, 0.29) is 0 Å². The molecule has 1 fully saturated rings. The Morgan fingerprint density at radius 3 is 2.62 bits per heavy atom. The Balaban J connectivity index is 1.90. The lowest BCUT2D eigenvalue weighted by molar-refractivity contribution is 0.0615. The zero-order chi connectivity index (χ0) is 15.5. The van der Waals surface area contributed by atoms with Gasteiger partial charge in [-0.25, -0.2) is 4.98 Å². The van der Waals surface area contributed by atoms with Crippen molar-refractivity contribution >= 4 is 0 Å². The van der Waals surface area contributed by atoms with Crippen LogP contribution in [0.3, 0.4) is 0 Å². The number of aryl methyl sites for hydroxylation is 1. The number of imidazole rings is 1. The standard InChI is InChI=1S/C17H32N4/c1-14(2)15-11-19-16(17(3,4)5)12-21(15)9-6-8-20-10-7-18-13-20/h7,10,13-16,19H,6,8-9,11-12H2,1-5H3. The molecular formula is C17H32N4. The molecule has 0 aromatic carbocycles. The first kappa shape index (κ1) is 16.5. The largest absolute Gasteiger partial charge is 0.337 e. The van der Waals surface area contributed by atoms with Crippen LogP contribution in [-0.4, -0.2) is 46.2 Å². The zero-order valence-corrected chi connectivity index (χ0v) is 14.3. The molecule has 0 radical (unpaired) electrons. The SMILES string of the molecule is CC(C)C1CNC(C(C)(C)C)CN1CCCn1ccnc1. The van der Waals surface area contributed by atoms with Crippen molar-refractivity contribution in [1.82, 2.24) is 19.8 Å². The van der Waals surface area contributed by atoms with Crippen molar-refractivity contribution in [3.8, 4) is 0 Å². The van der Waals surface area contributed by atoms with Gasteiger partial charge in [-0.15, -0.1) is 0 Å². The van der Waals surface area contributed by atoms with Crippen molar-refractivity contribution in [3.63, 3.8) is 0 Å². The number of aromatic nitrogens is 2. The molecule has 1 saturated heterocycles. The first-order valence-electron chi connectivity index (χ1n) is 8.31. The normalized spacial score (nSPS) is 24.7. The zero-order valence-electron chi connectivity index (χ0n) is 14.3. The van der Waals surface area contributed by atoms with Crippen LogP contribution >= 0.6 is 0 Å². The van der Waals surface area contributed by atoms with Gasteiger partial charge in [0.15, 0.2) is 0 Å². The molecule has 0 aliphatic carbocycles. The van der Waals surface area contributed by atoms with E-state index < -0.39 is 0 Å². The molecule has 1 aromatic rings. The van der Waals surface area contributed by atoms with E-state index >= 15 is 0 Å². The van der Waals surface area contributed by atoms with Crippen molar-refractivity contribution in [2.45, 2.75) is 59.7 Å². The molecule has 2 rings (SSSR count). The number of piperazine rings is 1. The fourth-order valence-electron chi connectivity index (χ4n) is 3.20. The third-order valence-electron chi connectivity index (χ3n) is 4.70. The monoisotopic (exact) mass is 292 g/mol. The minimum atomic E-state index is 0.324. The molecule has 4 nitrogen and oxygen atoms in total. The van der Waals surface area contributed by atoms with Gasteiger partial charge in [-0.3, -0.25) is 4.90 Å². The highest BCUT2D eigenvalue weighted by atomic mass is 15.2. The molecule has 21 heavy (non-hydrogen) atoms. The Labute approximate surface area is 129 Å². The van der Waals surface area contributed by atoms with Crippen LogP contribution in [0, 0.1) is 11.3 Å². The number of nitrogens with zero attached hydrogens (tertiary/aromatic N) is 3. The molecule has 0 amide bonds. The maximum atomic E-state index is 4.11. The van der Waals surface area contributed by atoms with Crippen LogP contribution in [0.15, 0.2) is 18.7 Å². The van der Waals surface area contributed by atoms with Crippen molar-refractivity contribution in [1.29, 1.82) is 0 Å². The Morgan fingerprint density at radius 1 is 1.29 bits per heavy atom. The smallest absolute Gasteiger partial charge is 0.0945 e. The molecule has 1 aliphatic rings. The van der Waals surface area contributed by atoms with E-state index in [0.29, 0.717) is 23.4 Å². The van der Waals surface area contributed by atoms with E-state index in [1.54, 1.807) is 0 Å². The molecule has 2 atom stereocenters. The van der Waals surface area contributed by atoms with E-state index in [0.717, 1.165) is 19.6 Å². The number of hydrogen-bond donors (Lipinski definition) is 1. The van der Waals surface area contributed by atoms with Gasteiger partial charge in [-0.05, 0) is 17.8 Å². The Morgan fingerprint density at radius 2 is 2.05 bits per heavy atom. The van der Waals surface area contributed by atoms with Gasteiger partial charge in [0.05, 0.1) is 6.33 Å². The van der Waals surface area contributed by atoms with Crippen LogP contribution in [0.5, 0.6) is 0 Å². The van der Waals surface area contributed by atoms with E-state index in [1.807, 2.05) is 12.5 Å². The van der Waals surface area contributed by atoms with Gasteiger partial charge in [-0.2, -0.15) is 0 Å². The second-order valence-corrected chi connectivity index (χ2v) is 7.79. The fraction of sp³-hybridized carbons (Fsp3) is 0.824. The van der Waals surface area contributed by atoms with Crippen LogP contribution in [0.25, 0.3) is 0 Å². The van der Waals surface area contributed by atoms with Crippen molar-refractivity contribution < 1.29 is 0 Å². The summed E-state index contributed by atoms with van der Waals surface area (Å²) in [7, 11) is 0. The average Bonchev–Trinajstić information content (AvgIpc) is 2.90. The first-order valence-corrected chi connectivity index (χ1v) is 8.31. The number of hydrogen-bond acceptors (Lipinski definition) is 3. The minimum absolute atomic E-state index is 0.324. The lowest BCUT2D eigenvalue weighted by Gasteiger charge is -2.46. The maximum absolute atomic E-state index is 4.11.